The molecule has 1 rings (SSSR count). The van der Waals surface area contributed by atoms with E-state index in [1.807, 2.05) is 22.6 Å². The Balaban J connectivity index is 3.50. The van der Waals surface area contributed by atoms with Crippen LogP contribution < -0.4 is 0 Å². The van der Waals surface area contributed by atoms with E-state index >= 15 is 0 Å². The van der Waals surface area contributed by atoms with E-state index in [1.165, 1.54) is 13.2 Å². The number of benzene rings is 1. The molecule has 0 aromatic heterocycles. The Bertz CT molecular complexity index is 412. The van der Waals surface area contributed by atoms with Gasteiger partial charge in [-0.2, -0.15) is 0 Å². The molecular weight excluding hydrogens is 401 g/mol. The van der Waals surface area contributed by atoms with Crippen LogP contribution in [0.1, 0.15) is 15.9 Å². The van der Waals surface area contributed by atoms with Crippen molar-refractivity contribution in [1.29, 1.82) is 0 Å². The van der Waals surface area contributed by atoms with Gasteiger partial charge >= 0.3 is 5.97 Å². The monoisotopic (exact) mass is 406 g/mol. The summed E-state index contributed by atoms with van der Waals surface area (Å²) in [6.07, 6.45) is 0. The molecule has 0 unspecified atom stereocenters. The molecule has 0 aliphatic carbocycles. The summed E-state index contributed by atoms with van der Waals surface area (Å²) in [5.74, 6) is -1.10. The first-order valence-corrected chi connectivity index (χ1v) is 6.41. The molecule has 0 N–H and O–H groups in total. The molecule has 1 aromatic carbocycles. The number of ether oxygens (including phenoxy) is 1. The van der Waals surface area contributed by atoms with Gasteiger partial charge in [-0.15, -0.1) is 0 Å². The van der Waals surface area contributed by atoms with Crippen LogP contribution >= 0.6 is 50.1 Å². The van der Waals surface area contributed by atoms with Gasteiger partial charge in [0.2, 0.25) is 0 Å². The van der Waals surface area contributed by atoms with E-state index in [2.05, 4.69) is 20.7 Å². The number of alkyl halides is 1. The molecule has 1 aromatic rings. The third kappa shape index (κ3) is 2.62. The molecule has 2 nitrogen and oxygen atoms in total. The van der Waals surface area contributed by atoms with Crippen LogP contribution in [0.2, 0.25) is 5.02 Å². The number of carbonyl (C=O) groups is 1. The number of carbonyl (C=O) groups excluding carboxylic acids is 1. The third-order valence-electron chi connectivity index (χ3n) is 1.80. The normalized spacial score (nSPS) is 10.2. The lowest BCUT2D eigenvalue weighted by molar-refractivity contribution is 0.0599. The highest BCUT2D eigenvalue weighted by molar-refractivity contribution is 14.1. The second-order valence-electron chi connectivity index (χ2n) is 2.63. The average molecular weight is 407 g/mol. The molecule has 0 amide bonds. The van der Waals surface area contributed by atoms with Gasteiger partial charge in [-0.1, -0.05) is 27.5 Å². The molecule has 82 valence electrons. The minimum Gasteiger partial charge on any atom is -0.465 e. The first kappa shape index (κ1) is 13.2. The number of halogens is 4. The maximum Gasteiger partial charge on any atom is 0.339 e. The summed E-state index contributed by atoms with van der Waals surface area (Å²) in [6, 6.07) is 1.28. The Morgan fingerprint density at radius 3 is 2.80 bits per heavy atom. The standard InChI is InChI=1S/C9H6BrClFIO2/c1-15-9(14)7-4(3-10)5(12)2-6(13)8(7)11/h2H,3H2,1H3. The van der Waals surface area contributed by atoms with Crippen LogP contribution in [-0.4, -0.2) is 13.1 Å². The topological polar surface area (TPSA) is 26.3 Å². The molecule has 15 heavy (non-hydrogen) atoms. The van der Waals surface area contributed by atoms with Gasteiger partial charge in [0, 0.05) is 14.5 Å². The molecule has 0 saturated heterocycles. The van der Waals surface area contributed by atoms with Crippen molar-refractivity contribution >= 4 is 56.1 Å². The highest BCUT2D eigenvalue weighted by atomic mass is 127. The van der Waals surface area contributed by atoms with Crippen molar-refractivity contribution in [3.8, 4) is 0 Å². The van der Waals surface area contributed by atoms with Gasteiger partial charge in [0.05, 0.1) is 17.7 Å². The molecule has 0 bridgehead atoms. The zero-order valence-electron chi connectivity index (χ0n) is 7.61. The summed E-state index contributed by atoms with van der Waals surface area (Å²) in [5, 5.41) is 0.429. The van der Waals surface area contributed by atoms with E-state index in [9.17, 15) is 9.18 Å². The molecule has 0 saturated carbocycles. The third-order valence-corrected chi connectivity index (χ3v) is 3.92. The molecule has 0 atom stereocenters. The molecule has 0 heterocycles. The Morgan fingerprint density at radius 1 is 1.73 bits per heavy atom. The van der Waals surface area contributed by atoms with Crippen LogP contribution in [0, 0.1) is 9.39 Å². The Morgan fingerprint density at radius 2 is 2.33 bits per heavy atom. The van der Waals surface area contributed by atoms with Gasteiger partial charge in [-0.05, 0) is 28.7 Å². The van der Waals surface area contributed by atoms with Crippen LogP contribution in [0.15, 0.2) is 6.07 Å². The van der Waals surface area contributed by atoms with Crippen molar-refractivity contribution < 1.29 is 13.9 Å². The highest BCUT2D eigenvalue weighted by Gasteiger charge is 2.21. The molecule has 0 aliphatic heterocycles. The summed E-state index contributed by atoms with van der Waals surface area (Å²) >= 11 is 10.9. The van der Waals surface area contributed by atoms with E-state index in [0.717, 1.165) is 0 Å². The van der Waals surface area contributed by atoms with Crippen LogP contribution in [0.3, 0.4) is 0 Å². The van der Waals surface area contributed by atoms with E-state index in [0.29, 0.717) is 3.57 Å². The molecule has 0 radical (unpaired) electrons. The Hall–Kier alpha value is 0.120. The summed E-state index contributed by atoms with van der Waals surface area (Å²) in [7, 11) is 1.23. The molecule has 6 heteroatoms. The zero-order chi connectivity index (χ0) is 11.6. The maximum atomic E-state index is 13.5. The summed E-state index contributed by atoms with van der Waals surface area (Å²) in [6.45, 7) is 0. The average Bonchev–Trinajstić information content (AvgIpc) is 2.21. The molecular formula is C9H6BrClFIO2. The number of methoxy groups -OCH3 is 1. The first-order chi connectivity index (χ1) is 7.02. The number of esters is 1. The minimum atomic E-state index is -0.633. The SMILES string of the molecule is COC(=O)c1c(Cl)c(I)cc(F)c1CBr. The lowest BCUT2D eigenvalue weighted by atomic mass is 10.1. The Kier molecular flexibility index (Phi) is 4.79. The van der Waals surface area contributed by atoms with Crippen molar-refractivity contribution in [1.82, 2.24) is 0 Å². The van der Waals surface area contributed by atoms with Crippen LogP contribution in [0.25, 0.3) is 0 Å². The second kappa shape index (κ2) is 5.45. The van der Waals surface area contributed by atoms with Crippen LogP contribution in [0.4, 0.5) is 4.39 Å². The number of hydrogen-bond acceptors (Lipinski definition) is 2. The van der Waals surface area contributed by atoms with Crippen molar-refractivity contribution in [2.24, 2.45) is 0 Å². The van der Waals surface area contributed by atoms with Crippen molar-refractivity contribution in [3.05, 3.63) is 31.6 Å². The fraction of sp³-hybridized carbons (Fsp3) is 0.222. The zero-order valence-corrected chi connectivity index (χ0v) is 12.1. The molecule has 0 aliphatic rings. The lowest BCUT2D eigenvalue weighted by Gasteiger charge is -2.10. The van der Waals surface area contributed by atoms with Gasteiger partial charge < -0.3 is 4.74 Å². The fourth-order valence-electron chi connectivity index (χ4n) is 1.08. The summed E-state index contributed by atoms with van der Waals surface area (Å²) in [4.78, 5) is 11.4. The number of hydrogen-bond donors (Lipinski definition) is 0. The predicted octanol–water partition coefficient (Wildman–Crippen LogP) is 3.77. The Labute approximate surface area is 113 Å². The van der Waals surface area contributed by atoms with Gasteiger partial charge in [0.25, 0.3) is 0 Å². The van der Waals surface area contributed by atoms with Crippen molar-refractivity contribution in [2.45, 2.75) is 5.33 Å². The number of rotatable bonds is 2. The maximum absolute atomic E-state index is 13.5. The first-order valence-electron chi connectivity index (χ1n) is 3.83. The molecule has 0 spiro atoms. The summed E-state index contributed by atoms with van der Waals surface area (Å²) < 4.78 is 18.5. The van der Waals surface area contributed by atoms with Gasteiger partial charge in [-0.3, -0.25) is 0 Å². The lowest BCUT2D eigenvalue weighted by Crippen LogP contribution is -2.09. The van der Waals surface area contributed by atoms with E-state index < -0.39 is 11.8 Å². The second-order valence-corrected chi connectivity index (χ2v) is 4.73. The van der Waals surface area contributed by atoms with Crippen LogP contribution in [-0.2, 0) is 10.1 Å². The quantitative estimate of drug-likeness (QED) is 0.323. The van der Waals surface area contributed by atoms with Crippen LogP contribution in [0.5, 0.6) is 0 Å². The molecule has 0 fully saturated rings. The largest absolute Gasteiger partial charge is 0.465 e. The van der Waals surface area contributed by atoms with Gasteiger partial charge in [0.15, 0.2) is 0 Å². The highest BCUT2D eigenvalue weighted by Crippen LogP contribution is 2.30. The smallest absolute Gasteiger partial charge is 0.339 e. The van der Waals surface area contributed by atoms with E-state index in [1.54, 1.807) is 0 Å². The van der Waals surface area contributed by atoms with Crippen molar-refractivity contribution in [2.75, 3.05) is 7.11 Å². The van der Waals surface area contributed by atoms with E-state index in [-0.39, 0.29) is 21.5 Å². The van der Waals surface area contributed by atoms with Gasteiger partial charge in [0.1, 0.15) is 5.82 Å². The minimum absolute atomic E-state index is 0.0837. The van der Waals surface area contributed by atoms with Gasteiger partial charge in [-0.25, -0.2) is 9.18 Å². The summed E-state index contributed by atoms with van der Waals surface area (Å²) in [5.41, 5.74) is 0.299. The fourth-order valence-corrected chi connectivity index (χ4v) is 2.42. The van der Waals surface area contributed by atoms with E-state index in [4.69, 9.17) is 11.6 Å². The van der Waals surface area contributed by atoms with Crippen molar-refractivity contribution in [3.63, 3.8) is 0 Å². The predicted molar refractivity (Wildman–Crippen MR) is 68.1 cm³/mol.